The smallest absolute Gasteiger partial charge is 0.197 e. The van der Waals surface area contributed by atoms with Crippen molar-refractivity contribution < 1.29 is 9.08 Å². The largest absolute Gasteiger partial charge is 0.426 e. The molecule has 0 amide bonds. The molecule has 2 aromatic rings. The van der Waals surface area contributed by atoms with Crippen molar-refractivity contribution in [2.24, 2.45) is 0 Å². The number of pyridine rings is 1. The number of fused-ring (bicyclic) bond motifs is 1. The third kappa shape index (κ3) is 2.65. The highest BCUT2D eigenvalue weighted by atomic mass is 32.1. The maximum absolute atomic E-state index is 7.57. The van der Waals surface area contributed by atoms with E-state index in [0.29, 0.717) is 0 Å². The molecule has 0 saturated heterocycles. The highest BCUT2D eigenvalue weighted by Crippen LogP contribution is 2.06. The molecule has 0 aliphatic rings. The number of benzene rings is 1. The van der Waals surface area contributed by atoms with E-state index in [4.69, 9.17) is 17.9 Å². The van der Waals surface area contributed by atoms with Gasteiger partial charge in [-0.25, -0.2) is 0 Å². The molecule has 0 aliphatic heterocycles. The van der Waals surface area contributed by atoms with Crippen molar-refractivity contribution in [3.05, 3.63) is 42.6 Å². The molecular weight excluding hydrogens is 194 g/mol. The third-order valence-electron chi connectivity index (χ3n) is 1.67. The van der Waals surface area contributed by atoms with Crippen molar-refractivity contribution in [2.45, 2.75) is 6.92 Å². The molecule has 0 atom stereocenters. The Morgan fingerprint density at radius 1 is 1.21 bits per heavy atom. The fourth-order valence-electron chi connectivity index (χ4n) is 1.13. The summed E-state index contributed by atoms with van der Waals surface area (Å²) in [7, 11) is 0. The van der Waals surface area contributed by atoms with Gasteiger partial charge < -0.3 is 21.9 Å². The Hall–Kier alpha value is -1.19. The van der Waals surface area contributed by atoms with Crippen molar-refractivity contribution in [1.29, 1.82) is 0 Å². The van der Waals surface area contributed by atoms with Gasteiger partial charge in [0.05, 0.1) is 0 Å². The zero-order valence-corrected chi connectivity index (χ0v) is 8.87. The summed E-state index contributed by atoms with van der Waals surface area (Å²) in [4.78, 5) is 0. The summed E-state index contributed by atoms with van der Waals surface area (Å²) in [6.45, 7) is 1.93. The Balaban J connectivity index is 0.000000293. The molecule has 1 aromatic heterocycles. The number of rotatable bonds is 0. The fourth-order valence-corrected chi connectivity index (χ4v) is 1.37. The summed E-state index contributed by atoms with van der Waals surface area (Å²) in [5.74, 6) is 0. The van der Waals surface area contributed by atoms with Gasteiger partial charge in [-0.2, -0.15) is 0 Å². The van der Waals surface area contributed by atoms with Gasteiger partial charge in [-0.1, -0.05) is 12.1 Å². The van der Waals surface area contributed by atoms with Gasteiger partial charge in [0.1, 0.15) is 0 Å². The predicted molar refractivity (Wildman–Crippen MR) is 59.7 cm³/mol. The summed E-state index contributed by atoms with van der Waals surface area (Å²) in [6.07, 6.45) is 1.87. The van der Waals surface area contributed by atoms with Gasteiger partial charge in [0.15, 0.2) is 11.7 Å². The molecule has 2 rings (SSSR count). The summed E-state index contributed by atoms with van der Waals surface area (Å²) in [5, 5.41) is 8.75. The van der Waals surface area contributed by atoms with E-state index in [1.807, 2.05) is 30.5 Å². The lowest BCUT2D eigenvalue weighted by atomic mass is 10.2. The van der Waals surface area contributed by atoms with E-state index in [1.165, 1.54) is 5.39 Å². The number of hydrogen-bond acceptors (Lipinski definition) is 2. The Kier molecular flexibility index (Phi) is 4.29. The molecule has 1 aromatic carbocycles. The maximum Gasteiger partial charge on any atom is 0.197 e. The second-order valence-corrected chi connectivity index (χ2v) is 3.10. The molecule has 74 valence electrons. The van der Waals surface area contributed by atoms with Gasteiger partial charge in [-0.15, -0.1) is 0 Å². The third-order valence-corrected chi connectivity index (χ3v) is 1.99. The molecule has 3 heteroatoms. The molecule has 0 aliphatic carbocycles. The van der Waals surface area contributed by atoms with E-state index in [-0.39, 0.29) is 6.61 Å². The van der Waals surface area contributed by atoms with E-state index in [0.717, 1.165) is 5.52 Å². The zero-order valence-electron chi connectivity index (χ0n) is 8.05. The van der Waals surface area contributed by atoms with E-state index in [9.17, 15) is 0 Å². The van der Waals surface area contributed by atoms with Crippen LogP contribution in [0.1, 0.15) is 6.92 Å². The highest BCUT2D eigenvalue weighted by Gasteiger charge is 1.95. The molecule has 0 radical (unpaired) electrons. The molecule has 0 fully saturated rings. The molecule has 0 spiro atoms. The van der Waals surface area contributed by atoms with Crippen molar-refractivity contribution in [3.63, 3.8) is 0 Å². The topological polar surface area (TPSA) is 24.1 Å². The summed E-state index contributed by atoms with van der Waals surface area (Å²) in [6, 6.07) is 12.1. The van der Waals surface area contributed by atoms with Crippen molar-refractivity contribution in [3.8, 4) is 0 Å². The van der Waals surface area contributed by atoms with Crippen LogP contribution in [0, 0.1) is 0 Å². The van der Waals surface area contributed by atoms with Crippen LogP contribution in [0.5, 0.6) is 0 Å². The fraction of sp³-hybridized carbons (Fsp3) is 0.182. The molecule has 0 bridgehead atoms. The van der Waals surface area contributed by atoms with Crippen LogP contribution < -0.4 is 3.97 Å². The standard InChI is InChI=1S/C9H7NS.C2H6O/c11-10-7-3-5-8-4-1-2-6-9(8)10;1-2-3/h1-7H;3H,2H2,1H3. The first-order valence-electron chi connectivity index (χ1n) is 4.47. The number of nitrogens with zero attached hydrogens (tertiary/aromatic N) is 1. The summed E-state index contributed by atoms with van der Waals surface area (Å²) in [5.41, 5.74) is 1.09. The van der Waals surface area contributed by atoms with Crippen LogP contribution in [0.15, 0.2) is 42.6 Å². The summed E-state index contributed by atoms with van der Waals surface area (Å²) >= 11 is 5.07. The first kappa shape index (κ1) is 10.9. The van der Waals surface area contributed by atoms with E-state index >= 15 is 0 Å². The molecular formula is C11H13NOS. The molecule has 0 unspecified atom stereocenters. The monoisotopic (exact) mass is 207 g/mol. The van der Waals surface area contributed by atoms with Crippen LogP contribution in [-0.4, -0.2) is 11.7 Å². The van der Waals surface area contributed by atoms with E-state index in [1.54, 1.807) is 10.9 Å². The quantitative estimate of drug-likeness (QED) is 0.522. The van der Waals surface area contributed by atoms with Gasteiger partial charge >= 0.3 is 0 Å². The second-order valence-electron chi connectivity index (χ2n) is 2.71. The van der Waals surface area contributed by atoms with Crippen LogP contribution in [0.25, 0.3) is 10.9 Å². The average molecular weight is 207 g/mol. The number of aliphatic hydroxyl groups excluding tert-OH is 1. The average Bonchev–Trinajstić information content (AvgIpc) is 2.20. The van der Waals surface area contributed by atoms with Gasteiger partial charge in [-0.3, -0.25) is 0 Å². The van der Waals surface area contributed by atoms with Crippen LogP contribution >= 0.6 is 0 Å². The van der Waals surface area contributed by atoms with Gasteiger partial charge in [0.2, 0.25) is 0 Å². The lowest BCUT2D eigenvalue weighted by Crippen LogP contribution is -2.25. The van der Waals surface area contributed by atoms with E-state index in [2.05, 4.69) is 12.1 Å². The van der Waals surface area contributed by atoms with Crippen molar-refractivity contribution in [1.82, 2.24) is 0 Å². The van der Waals surface area contributed by atoms with Crippen molar-refractivity contribution in [2.75, 3.05) is 6.61 Å². The summed E-state index contributed by atoms with van der Waals surface area (Å²) < 4.78 is 1.70. The van der Waals surface area contributed by atoms with Gasteiger partial charge in [0, 0.05) is 24.1 Å². The number of aliphatic hydroxyl groups is 1. The molecule has 2 nitrogen and oxygen atoms in total. The van der Waals surface area contributed by atoms with Crippen LogP contribution in [0.3, 0.4) is 0 Å². The minimum absolute atomic E-state index is 0.250. The first-order chi connectivity index (χ1) is 6.79. The Morgan fingerprint density at radius 3 is 2.43 bits per heavy atom. The molecule has 14 heavy (non-hydrogen) atoms. The Labute approximate surface area is 89.4 Å². The van der Waals surface area contributed by atoms with Crippen LogP contribution in [-0.2, 0) is 12.8 Å². The van der Waals surface area contributed by atoms with Crippen molar-refractivity contribution >= 4 is 23.7 Å². The Morgan fingerprint density at radius 2 is 1.79 bits per heavy atom. The molecule has 1 N–H and O–H groups in total. The van der Waals surface area contributed by atoms with E-state index < -0.39 is 0 Å². The lowest BCUT2D eigenvalue weighted by molar-refractivity contribution is -0.461. The van der Waals surface area contributed by atoms with Gasteiger partial charge in [0.25, 0.3) is 0 Å². The number of aromatic nitrogens is 1. The number of hydrogen-bond donors (Lipinski definition) is 1. The minimum Gasteiger partial charge on any atom is -0.426 e. The molecule has 0 saturated carbocycles. The second kappa shape index (κ2) is 5.52. The highest BCUT2D eigenvalue weighted by molar-refractivity contribution is 7.51. The zero-order chi connectivity index (χ0) is 10.4. The maximum atomic E-state index is 7.57. The van der Waals surface area contributed by atoms with Crippen LogP contribution in [0.4, 0.5) is 0 Å². The number of para-hydroxylation sites is 1. The molecule has 1 heterocycles. The predicted octanol–water partition coefficient (Wildman–Crippen LogP) is 1.44. The lowest BCUT2D eigenvalue weighted by Gasteiger charge is -2.00. The Bertz CT molecular complexity index is 398. The van der Waals surface area contributed by atoms with Gasteiger partial charge in [-0.05, 0) is 19.1 Å². The van der Waals surface area contributed by atoms with Crippen LogP contribution in [0.2, 0.25) is 0 Å². The minimum atomic E-state index is 0.250. The normalized spacial score (nSPS) is 9.29. The first-order valence-corrected chi connectivity index (χ1v) is 4.84. The SMILES string of the molecule is CCO.[S-][n+]1cccc2ccccc21.